The molecule has 0 amide bonds. The van der Waals surface area contributed by atoms with Crippen molar-refractivity contribution < 1.29 is 0 Å². The van der Waals surface area contributed by atoms with Crippen LogP contribution in [0.25, 0.3) is 11.1 Å². The van der Waals surface area contributed by atoms with Crippen LogP contribution in [0.15, 0.2) is 18.2 Å². The summed E-state index contributed by atoms with van der Waals surface area (Å²) in [5, 5.41) is 10.3. The number of aryl methyl sites for hydroxylation is 1. The van der Waals surface area contributed by atoms with E-state index in [2.05, 4.69) is 11.1 Å². The average Bonchev–Trinajstić information content (AvgIpc) is 2.34. The molecule has 5 heteroatoms. The Bertz CT molecular complexity index is 703. The molecule has 0 radical (unpaired) electrons. The summed E-state index contributed by atoms with van der Waals surface area (Å²) in [6.45, 7) is 3.74. The first-order chi connectivity index (χ1) is 8.95. The minimum absolute atomic E-state index is 0.214. The SMILES string of the molecule is Cc1nc(N)c(C#N)c(-c2ccc(Cl)cc2Cl)c1C. The van der Waals surface area contributed by atoms with Gasteiger partial charge in [0.1, 0.15) is 17.5 Å². The highest BCUT2D eigenvalue weighted by Crippen LogP contribution is 2.36. The fraction of sp³-hybridized carbons (Fsp3) is 0.143. The minimum atomic E-state index is 0.214. The Morgan fingerprint density at radius 1 is 1.26 bits per heavy atom. The number of benzene rings is 1. The van der Waals surface area contributed by atoms with E-state index in [1.54, 1.807) is 18.2 Å². The molecule has 19 heavy (non-hydrogen) atoms. The van der Waals surface area contributed by atoms with E-state index in [1.807, 2.05) is 13.8 Å². The number of nitrogen functional groups attached to an aromatic ring is 1. The van der Waals surface area contributed by atoms with Gasteiger partial charge < -0.3 is 5.73 Å². The predicted octanol–water partition coefficient (Wildman–Crippen LogP) is 4.13. The number of aromatic nitrogens is 1. The van der Waals surface area contributed by atoms with E-state index in [9.17, 15) is 5.26 Å². The number of hydrogen-bond donors (Lipinski definition) is 1. The van der Waals surface area contributed by atoms with Gasteiger partial charge in [0.2, 0.25) is 0 Å². The Hall–Kier alpha value is -1.76. The largest absolute Gasteiger partial charge is 0.383 e. The van der Waals surface area contributed by atoms with E-state index >= 15 is 0 Å². The molecule has 0 unspecified atom stereocenters. The zero-order valence-electron chi connectivity index (χ0n) is 10.5. The lowest BCUT2D eigenvalue weighted by Crippen LogP contribution is -2.03. The smallest absolute Gasteiger partial charge is 0.142 e. The van der Waals surface area contributed by atoms with Crippen molar-refractivity contribution in [2.75, 3.05) is 5.73 Å². The molecule has 0 atom stereocenters. The molecule has 2 N–H and O–H groups in total. The molecule has 0 aliphatic carbocycles. The molecule has 0 bridgehead atoms. The predicted molar refractivity (Wildman–Crippen MR) is 78.3 cm³/mol. The third-order valence-corrected chi connectivity index (χ3v) is 3.57. The molecule has 0 aliphatic heterocycles. The first-order valence-electron chi connectivity index (χ1n) is 5.58. The highest BCUT2D eigenvalue weighted by molar-refractivity contribution is 6.36. The van der Waals surface area contributed by atoms with Crippen LogP contribution in [0.4, 0.5) is 5.82 Å². The molecule has 1 heterocycles. The van der Waals surface area contributed by atoms with Crippen LogP contribution in [0.2, 0.25) is 10.0 Å². The highest BCUT2D eigenvalue weighted by atomic mass is 35.5. The van der Waals surface area contributed by atoms with Crippen LogP contribution in [0.5, 0.6) is 0 Å². The van der Waals surface area contributed by atoms with Gasteiger partial charge in [-0.25, -0.2) is 4.98 Å². The maximum atomic E-state index is 9.28. The first-order valence-corrected chi connectivity index (χ1v) is 6.33. The van der Waals surface area contributed by atoms with Gasteiger partial charge in [0.25, 0.3) is 0 Å². The van der Waals surface area contributed by atoms with Crippen molar-refractivity contribution in [2.45, 2.75) is 13.8 Å². The van der Waals surface area contributed by atoms with Gasteiger partial charge in [-0.3, -0.25) is 0 Å². The fourth-order valence-electron chi connectivity index (χ4n) is 1.96. The van der Waals surface area contributed by atoms with E-state index in [1.165, 1.54) is 0 Å². The van der Waals surface area contributed by atoms with Crippen LogP contribution in [0.3, 0.4) is 0 Å². The van der Waals surface area contributed by atoms with Crippen molar-refractivity contribution in [1.82, 2.24) is 4.98 Å². The lowest BCUT2D eigenvalue weighted by atomic mass is 9.95. The molecule has 96 valence electrons. The number of hydrogen-bond acceptors (Lipinski definition) is 3. The van der Waals surface area contributed by atoms with Gasteiger partial charge in [-0.2, -0.15) is 5.26 Å². The molecule has 0 fully saturated rings. The Kier molecular flexibility index (Phi) is 3.66. The monoisotopic (exact) mass is 291 g/mol. The summed E-state index contributed by atoms with van der Waals surface area (Å²) in [5.74, 6) is 0.214. The van der Waals surface area contributed by atoms with Crippen molar-refractivity contribution in [1.29, 1.82) is 5.26 Å². The summed E-state index contributed by atoms with van der Waals surface area (Å²) in [7, 11) is 0. The van der Waals surface area contributed by atoms with E-state index in [-0.39, 0.29) is 5.82 Å². The molecule has 0 spiro atoms. The Labute approximate surface area is 121 Å². The van der Waals surface area contributed by atoms with Gasteiger partial charge >= 0.3 is 0 Å². The molecule has 0 aliphatic rings. The molecule has 3 nitrogen and oxygen atoms in total. The Balaban J connectivity index is 2.85. The summed E-state index contributed by atoms with van der Waals surface area (Å²) >= 11 is 12.1. The quantitative estimate of drug-likeness (QED) is 0.859. The molecule has 1 aromatic heterocycles. The second kappa shape index (κ2) is 5.08. The van der Waals surface area contributed by atoms with Gasteiger partial charge in [0.15, 0.2) is 0 Å². The van der Waals surface area contributed by atoms with Crippen molar-refractivity contribution in [3.63, 3.8) is 0 Å². The molecular weight excluding hydrogens is 281 g/mol. The Morgan fingerprint density at radius 3 is 2.53 bits per heavy atom. The van der Waals surface area contributed by atoms with E-state index < -0.39 is 0 Å². The van der Waals surface area contributed by atoms with Gasteiger partial charge in [-0.05, 0) is 31.5 Å². The molecule has 0 saturated heterocycles. The zero-order valence-corrected chi connectivity index (χ0v) is 12.0. The van der Waals surface area contributed by atoms with Crippen LogP contribution in [0.1, 0.15) is 16.8 Å². The number of nitriles is 1. The number of rotatable bonds is 1. The normalized spacial score (nSPS) is 10.3. The fourth-order valence-corrected chi connectivity index (χ4v) is 2.46. The van der Waals surface area contributed by atoms with Gasteiger partial charge in [0.05, 0.1) is 0 Å². The number of halogens is 2. The Morgan fingerprint density at radius 2 is 1.95 bits per heavy atom. The lowest BCUT2D eigenvalue weighted by Gasteiger charge is -2.14. The van der Waals surface area contributed by atoms with Crippen LogP contribution < -0.4 is 5.73 Å². The maximum absolute atomic E-state index is 9.28. The van der Waals surface area contributed by atoms with E-state index in [0.29, 0.717) is 21.2 Å². The topological polar surface area (TPSA) is 62.7 Å². The minimum Gasteiger partial charge on any atom is -0.383 e. The van der Waals surface area contributed by atoms with Crippen molar-refractivity contribution in [3.05, 3.63) is 45.1 Å². The number of pyridine rings is 1. The second-order valence-corrected chi connectivity index (χ2v) is 5.04. The van der Waals surface area contributed by atoms with Gasteiger partial charge in [0, 0.05) is 26.9 Å². The number of nitrogens with zero attached hydrogens (tertiary/aromatic N) is 2. The molecular formula is C14H11Cl2N3. The zero-order chi connectivity index (χ0) is 14.2. The van der Waals surface area contributed by atoms with Crippen molar-refractivity contribution >= 4 is 29.0 Å². The summed E-state index contributed by atoms with van der Waals surface area (Å²) in [4.78, 5) is 4.16. The van der Waals surface area contributed by atoms with E-state index in [0.717, 1.165) is 16.8 Å². The van der Waals surface area contributed by atoms with Gasteiger partial charge in [-0.15, -0.1) is 0 Å². The lowest BCUT2D eigenvalue weighted by molar-refractivity contribution is 1.15. The van der Waals surface area contributed by atoms with E-state index in [4.69, 9.17) is 28.9 Å². The van der Waals surface area contributed by atoms with Crippen LogP contribution in [-0.2, 0) is 0 Å². The maximum Gasteiger partial charge on any atom is 0.142 e. The summed E-state index contributed by atoms with van der Waals surface area (Å²) < 4.78 is 0. The summed E-state index contributed by atoms with van der Waals surface area (Å²) in [5.41, 5.74) is 9.27. The van der Waals surface area contributed by atoms with Crippen molar-refractivity contribution in [2.24, 2.45) is 0 Å². The first kappa shape index (κ1) is 13.7. The molecule has 2 aromatic rings. The average molecular weight is 292 g/mol. The third-order valence-electron chi connectivity index (χ3n) is 3.02. The molecule has 2 rings (SSSR count). The van der Waals surface area contributed by atoms with Crippen LogP contribution in [0, 0.1) is 25.2 Å². The van der Waals surface area contributed by atoms with Crippen molar-refractivity contribution in [3.8, 4) is 17.2 Å². The standard InChI is InChI=1S/C14H11Cl2N3/c1-7-8(2)19-14(18)11(6-17)13(7)10-4-3-9(15)5-12(10)16/h3-5H,1-2H3,(H2,18,19). The summed E-state index contributed by atoms with van der Waals surface area (Å²) in [6.07, 6.45) is 0. The number of nitrogens with two attached hydrogens (primary N) is 1. The van der Waals surface area contributed by atoms with Gasteiger partial charge in [-0.1, -0.05) is 29.3 Å². The molecule has 0 saturated carbocycles. The van der Waals surface area contributed by atoms with Crippen LogP contribution in [-0.4, -0.2) is 4.98 Å². The highest BCUT2D eigenvalue weighted by Gasteiger charge is 2.17. The summed E-state index contributed by atoms with van der Waals surface area (Å²) in [6, 6.07) is 7.25. The second-order valence-electron chi connectivity index (χ2n) is 4.19. The number of anilines is 1. The van der Waals surface area contributed by atoms with Crippen LogP contribution >= 0.6 is 23.2 Å². The molecule has 1 aromatic carbocycles. The third kappa shape index (κ3) is 2.37.